The van der Waals surface area contributed by atoms with Gasteiger partial charge in [-0.15, -0.1) is 0 Å². The molecule has 1 aliphatic rings. The van der Waals surface area contributed by atoms with E-state index < -0.39 is 12.1 Å². The zero-order valence-electron chi connectivity index (χ0n) is 16.9. The van der Waals surface area contributed by atoms with Crippen molar-refractivity contribution in [2.75, 3.05) is 20.6 Å². The minimum Gasteiger partial charge on any atom is -0.337 e. The summed E-state index contributed by atoms with van der Waals surface area (Å²) in [6, 6.07) is -0.942. The van der Waals surface area contributed by atoms with E-state index in [4.69, 9.17) is 0 Å². The van der Waals surface area contributed by atoms with Crippen molar-refractivity contribution >= 4 is 23.9 Å². The summed E-state index contributed by atoms with van der Waals surface area (Å²) < 4.78 is 0. The number of amides is 6. The lowest BCUT2D eigenvalue weighted by Crippen LogP contribution is -2.53. The first-order chi connectivity index (χ1) is 11.8. The molecule has 2 N–H and O–H groups in total. The molecule has 8 heteroatoms. The quantitative estimate of drug-likeness (QED) is 0.795. The molecule has 6 amide bonds. The topological polar surface area (TPSA) is 98.8 Å². The molecule has 0 bridgehead atoms. The maximum absolute atomic E-state index is 12.2. The fourth-order valence-electron chi connectivity index (χ4n) is 3.84. The summed E-state index contributed by atoms with van der Waals surface area (Å²) in [6.07, 6.45) is 2.35. The SMILES string of the molecule is CC(=O)N(C)C(=O)NCC1(C)CC(NC(=O)N(C)C(C)=O)CC(C)(C)C1. The van der Waals surface area contributed by atoms with Gasteiger partial charge in [-0.1, -0.05) is 20.8 Å². The Morgan fingerprint density at radius 2 is 1.42 bits per heavy atom. The standard InChI is InChI=1S/C18H32N4O4/c1-12(23)21(6)15(25)19-11-18(5)9-14(8-17(3,4)10-18)20-16(26)22(7)13(2)24/h14H,8-11H2,1-7H3,(H,19,25)(H,20,26). The van der Waals surface area contributed by atoms with Gasteiger partial charge in [0.2, 0.25) is 11.8 Å². The normalized spacial score (nSPS) is 24.3. The monoisotopic (exact) mass is 368 g/mol. The molecule has 0 aliphatic heterocycles. The van der Waals surface area contributed by atoms with Crippen LogP contribution in [0.25, 0.3) is 0 Å². The van der Waals surface area contributed by atoms with Crippen molar-refractivity contribution < 1.29 is 19.2 Å². The zero-order chi connectivity index (χ0) is 20.3. The number of carbonyl (C=O) groups is 4. The summed E-state index contributed by atoms with van der Waals surface area (Å²) in [7, 11) is 2.88. The largest absolute Gasteiger partial charge is 0.337 e. The van der Waals surface area contributed by atoms with Crippen LogP contribution in [0.2, 0.25) is 0 Å². The number of nitrogens with zero attached hydrogens (tertiary/aromatic N) is 2. The van der Waals surface area contributed by atoms with Gasteiger partial charge in [0.25, 0.3) is 0 Å². The van der Waals surface area contributed by atoms with Crippen molar-refractivity contribution in [3.05, 3.63) is 0 Å². The van der Waals surface area contributed by atoms with E-state index in [1.165, 1.54) is 27.9 Å². The van der Waals surface area contributed by atoms with Crippen LogP contribution < -0.4 is 10.6 Å². The first-order valence-corrected chi connectivity index (χ1v) is 8.83. The summed E-state index contributed by atoms with van der Waals surface area (Å²) in [5.41, 5.74) is -0.265. The van der Waals surface area contributed by atoms with Crippen LogP contribution in [0.15, 0.2) is 0 Å². The van der Waals surface area contributed by atoms with Crippen LogP contribution in [0.4, 0.5) is 9.59 Å². The first-order valence-electron chi connectivity index (χ1n) is 8.83. The Kier molecular flexibility index (Phi) is 6.79. The molecule has 8 nitrogen and oxygen atoms in total. The fourth-order valence-corrected chi connectivity index (χ4v) is 3.84. The summed E-state index contributed by atoms with van der Waals surface area (Å²) in [6.45, 7) is 9.40. The minimum atomic E-state index is -0.431. The maximum atomic E-state index is 12.2. The highest BCUT2D eigenvalue weighted by molar-refractivity contribution is 5.93. The Morgan fingerprint density at radius 1 is 0.923 bits per heavy atom. The van der Waals surface area contributed by atoms with E-state index in [0.717, 1.165) is 22.6 Å². The van der Waals surface area contributed by atoms with Crippen molar-refractivity contribution in [1.82, 2.24) is 20.4 Å². The predicted octanol–water partition coefficient (Wildman–Crippen LogP) is 1.95. The second-order valence-electron chi connectivity index (χ2n) is 8.52. The fraction of sp³-hybridized carbons (Fsp3) is 0.778. The highest BCUT2D eigenvalue weighted by Crippen LogP contribution is 2.45. The molecule has 1 saturated carbocycles. The molecule has 0 aromatic carbocycles. The maximum Gasteiger partial charge on any atom is 0.324 e. The number of hydrogen-bond acceptors (Lipinski definition) is 4. The van der Waals surface area contributed by atoms with E-state index in [9.17, 15) is 19.2 Å². The minimum absolute atomic E-state index is 0.0308. The van der Waals surface area contributed by atoms with E-state index in [-0.39, 0.29) is 28.7 Å². The van der Waals surface area contributed by atoms with Gasteiger partial charge in [0, 0.05) is 40.5 Å². The molecule has 1 rings (SSSR count). The van der Waals surface area contributed by atoms with E-state index >= 15 is 0 Å². The average Bonchev–Trinajstić information content (AvgIpc) is 2.48. The highest BCUT2D eigenvalue weighted by atomic mass is 16.2. The van der Waals surface area contributed by atoms with Crippen LogP contribution >= 0.6 is 0 Å². The second-order valence-corrected chi connectivity index (χ2v) is 8.52. The summed E-state index contributed by atoms with van der Waals surface area (Å²) in [5, 5.41) is 5.74. The molecule has 0 saturated heterocycles. The van der Waals surface area contributed by atoms with Gasteiger partial charge in [-0.3, -0.25) is 19.4 Å². The molecular weight excluding hydrogens is 336 g/mol. The predicted molar refractivity (Wildman–Crippen MR) is 98.3 cm³/mol. The van der Waals surface area contributed by atoms with Gasteiger partial charge in [0.05, 0.1) is 0 Å². The van der Waals surface area contributed by atoms with Gasteiger partial charge in [-0.25, -0.2) is 9.59 Å². The van der Waals surface area contributed by atoms with Gasteiger partial charge >= 0.3 is 12.1 Å². The van der Waals surface area contributed by atoms with Gasteiger partial charge in [-0.2, -0.15) is 0 Å². The van der Waals surface area contributed by atoms with E-state index in [0.29, 0.717) is 13.0 Å². The zero-order valence-corrected chi connectivity index (χ0v) is 16.9. The third-order valence-electron chi connectivity index (χ3n) is 4.99. The Morgan fingerprint density at radius 3 is 1.92 bits per heavy atom. The van der Waals surface area contributed by atoms with E-state index in [2.05, 4.69) is 31.4 Å². The number of rotatable bonds is 3. The van der Waals surface area contributed by atoms with Crippen LogP contribution in [0.5, 0.6) is 0 Å². The number of carbonyl (C=O) groups excluding carboxylic acids is 4. The third kappa shape index (κ3) is 6.00. The van der Waals surface area contributed by atoms with Crippen molar-refractivity contribution in [2.24, 2.45) is 10.8 Å². The molecule has 0 heterocycles. The lowest BCUT2D eigenvalue weighted by atomic mass is 9.62. The van der Waals surface area contributed by atoms with E-state index in [1.807, 2.05) is 0 Å². The van der Waals surface area contributed by atoms with Gasteiger partial charge in [0.1, 0.15) is 0 Å². The van der Waals surface area contributed by atoms with Crippen LogP contribution in [-0.4, -0.2) is 60.4 Å². The van der Waals surface area contributed by atoms with Gasteiger partial charge < -0.3 is 10.6 Å². The summed E-state index contributed by atoms with van der Waals surface area (Å²) in [4.78, 5) is 49.0. The molecule has 2 unspecified atom stereocenters. The Labute approximate surface area is 155 Å². The molecule has 1 fully saturated rings. The summed E-state index contributed by atoms with van der Waals surface area (Å²) >= 11 is 0. The van der Waals surface area contributed by atoms with Crippen molar-refractivity contribution in [3.63, 3.8) is 0 Å². The van der Waals surface area contributed by atoms with Gasteiger partial charge in [0.15, 0.2) is 0 Å². The Balaban J connectivity index is 2.79. The van der Waals surface area contributed by atoms with Crippen molar-refractivity contribution in [1.29, 1.82) is 0 Å². The molecular formula is C18H32N4O4. The lowest BCUT2D eigenvalue weighted by Gasteiger charge is -2.47. The number of urea groups is 2. The van der Waals surface area contributed by atoms with Crippen molar-refractivity contribution in [3.8, 4) is 0 Å². The Hall–Kier alpha value is -2.12. The number of imide groups is 2. The molecule has 0 radical (unpaired) electrons. The lowest BCUT2D eigenvalue weighted by molar-refractivity contribution is -0.126. The second kappa shape index (κ2) is 8.05. The van der Waals surface area contributed by atoms with Gasteiger partial charge in [-0.05, 0) is 30.1 Å². The first kappa shape index (κ1) is 21.9. The van der Waals surface area contributed by atoms with Crippen LogP contribution in [0.3, 0.4) is 0 Å². The van der Waals surface area contributed by atoms with Crippen molar-refractivity contribution in [2.45, 2.75) is 59.9 Å². The molecule has 148 valence electrons. The average molecular weight is 368 g/mol. The number of nitrogens with one attached hydrogen (secondary N) is 2. The Bertz CT molecular complexity index is 590. The molecule has 0 aromatic rings. The van der Waals surface area contributed by atoms with Crippen LogP contribution in [0, 0.1) is 10.8 Å². The van der Waals surface area contributed by atoms with Crippen LogP contribution in [0.1, 0.15) is 53.9 Å². The molecule has 26 heavy (non-hydrogen) atoms. The number of hydrogen-bond donors (Lipinski definition) is 2. The van der Waals surface area contributed by atoms with E-state index in [1.54, 1.807) is 0 Å². The molecule has 0 spiro atoms. The molecule has 2 atom stereocenters. The smallest absolute Gasteiger partial charge is 0.324 e. The van der Waals surface area contributed by atoms with Crippen LogP contribution in [-0.2, 0) is 9.59 Å². The highest BCUT2D eigenvalue weighted by Gasteiger charge is 2.42. The molecule has 0 aromatic heterocycles. The molecule has 1 aliphatic carbocycles. The third-order valence-corrected chi connectivity index (χ3v) is 4.99. The summed E-state index contributed by atoms with van der Waals surface area (Å²) in [5.74, 6) is -0.645.